The number of nitrogens with two attached hydrogens (primary N) is 2. The van der Waals surface area contributed by atoms with E-state index in [1.807, 2.05) is 70.4 Å². The molecule has 1 aromatic rings. The van der Waals surface area contributed by atoms with Gasteiger partial charge in [-0.2, -0.15) is 5.10 Å². The van der Waals surface area contributed by atoms with Gasteiger partial charge in [0.2, 0.25) is 0 Å². The van der Waals surface area contributed by atoms with Gasteiger partial charge in [-0.25, -0.2) is 0 Å². The topological polar surface area (TPSA) is 99.9 Å². The monoisotopic (exact) mass is 591 g/mol. The standard InChI is InChI=1S/C16H20.C7H11N.C6H11N3O.C6H13N.C2H6/c1-5-7-8-15(6-2)12-16-10-9-13(3)14(4)11-16;1-2-3-4-5-6-7-8;1-9-3-2-5(4-8-9)6(7)10;1-6-3-2-4-7-5-6;1-2/h5,7-12H,1,6H2,2-4H3;2-7H,8H2,1H3;2,4,6,10H,3,7H2,1H3;6-7H,2-5H2,1H3;1-2H3/b8-7-,15-12+;3-2-,5-4-,7-6+;;;/t;;;6-;/m...1./s1. The molecule has 6 nitrogen and oxygen atoms in total. The molecule has 1 aromatic carbocycles. The van der Waals surface area contributed by atoms with E-state index >= 15 is 0 Å². The fraction of sp³-hybridized carbons (Fsp3) is 0.432. The molecular formula is C37H61N5O. The molecule has 1 fully saturated rings. The van der Waals surface area contributed by atoms with Gasteiger partial charge < -0.3 is 21.9 Å². The van der Waals surface area contributed by atoms with Crippen LogP contribution in [0, 0.1) is 19.8 Å². The van der Waals surface area contributed by atoms with E-state index in [1.165, 1.54) is 54.4 Å². The molecule has 0 bridgehead atoms. The molecule has 2 aliphatic rings. The number of piperidine rings is 1. The van der Waals surface area contributed by atoms with Crippen LogP contribution in [0.2, 0.25) is 0 Å². The summed E-state index contributed by atoms with van der Waals surface area (Å²) in [5, 5.41) is 17.9. The van der Waals surface area contributed by atoms with Crippen LogP contribution in [0.25, 0.3) is 6.08 Å². The molecule has 3 rings (SSSR count). The lowest BCUT2D eigenvalue weighted by Gasteiger charge is -2.17. The van der Waals surface area contributed by atoms with Crippen LogP contribution in [0.1, 0.15) is 70.6 Å². The number of aryl methyl sites for hydroxylation is 2. The molecule has 0 spiro atoms. The maximum absolute atomic E-state index is 8.86. The molecule has 6 N–H and O–H groups in total. The highest BCUT2D eigenvalue weighted by molar-refractivity contribution is 5.80. The van der Waals surface area contributed by atoms with Crippen molar-refractivity contribution in [3.05, 3.63) is 113 Å². The second kappa shape index (κ2) is 28.7. The lowest BCUT2D eigenvalue weighted by atomic mass is 10.0. The van der Waals surface area contributed by atoms with Crippen molar-refractivity contribution in [2.24, 2.45) is 22.5 Å². The van der Waals surface area contributed by atoms with E-state index in [-0.39, 0.29) is 0 Å². The minimum Gasteiger partial charge on any atom is -0.405 e. The first-order valence-corrected chi connectivity index (χ1v) is 15.5. The van der Waals surface area contributed by atoms with Gasteiger partial charge in [0.05, 0.1) is 12.8 Å². The molecule has 2 heterocycles. The second-order valence-corrected chi connectivity index (χ2v) is 9.99. The van der Waals surface area contributed by atoms with E-state index in [9.17, 15) is 0 Å². The number of hydrazone groups is 1. The Morgan fingerprint density at radius 1 is 1.16 bits per heavy atom. The van der Waals surface area contributed by atoms with E-state index in [1.54, 1.807) is 17.3 Å². The number of benzene rings is 1. The van der Waals surface area contributed by atoms with E-state index in [4.69, 9.17) is 16.6 Å². The number of hydrogen-bond donors (Lipinski definition) is 4. The van der Waals surface area contributed by atoms with Gasteiger partial charge in [0, 0.05) is 12.6 Å². The minimum atomic E-state index is -0.891. The second-order valence-electron chi connectivity index (χ2n) is 9.99. The highest BCUT2D eigenvalue weighted by Crippen LogP contribution is 2.15. The van der Waals surface area contributed by atoms with Gasteiger partial charge >= 0.3 is 0 Å². The third kappa shape index (κ3) is 23.8. The number of aliphatic hydroxyl groups is 1. The van der Waals surface area contributed by atoms with Gasteiger partial charge in [0.15, 0.2) is 0 Å². The third-order valence-corrected chi connectivity index (χ3v) is 6.25. The Morgan fingerprint density at radius 2 is 1.86 bits per heavy atom. The lowest BCUT2D eigenvalue weighted by molar-refractivity contribution is 0.223. The van der Waals surface area contributed by atoms with Crippen LogP contribution in [0.15, 0.2) is 102 Å². The smallest absolute Gasteiger partial charge is 0.129 e. The fourth-order valence-electron chi connectivity index (χ4n) is 3.56. The van der Waals surface area contributed by atoms with Crippen LogP contribution in [0.5, 0.6) is 0 Å². The lowest BCUT2D eigenvalue weighted by Crippen LogP contribution is -2.27. The Balaban J connectivity index is 0. The van der Waals surface area contributed by atoms with Crippen molar-refractivity contribution in [2.45, 2.75) is 74.0 Å². The average molecular weight is 592 g/mol. The normalized spacial score (nSPS) is 17.2. The average Bonchev–Trinajstić information content (AvgIpc) is 3.02. The third-order valence-electron chi connectivity index (χ3n) is 6.25. The van der Waals surface area contributed by atoms with Gasteiger partial charge in [-0.15, -0.1) is 0 Å². The largest absolute Gasteiger partial charge is 0.405 e. The van der Waals surface area contributed by atoms with Crippen LogP contribution in [0.4, 0.5) is 0 Å². The zero-order chi connectivity index (χ0) is 32.9. The first kappa shape index (κ1) is 41.7. The molecule has 0 aromatic heterocycles. The summed E-state index contributed by atoms with van der Waals surface area (Å²) in [6.07, 6.45) is 25.5. The number of allylic oxidation sites excluding steroid dienone is 9. The van der Waals surface area contributed by atoms with Gasteiger partial charge in [-0.1, -0.05) is 107 Å². The predicted molar refractivity (Wildman–Crippen MR) is 193 cm³/mol. The molecule has 0 saturated carbocycles. The summed E-state index contributed by atoms with van der Waals surface area (Å²) >= 11 is 0. The van der Waals surface area contributed by atoms with Crippen molar-refractivity contribution in [3.8, 4) is 0 Å². The van der Waals surface area contributed by atoms with Crippen molar-refractivity contribution in [3.63, 3.8) is 0 Å². The highest BCUT2D eigenvalue weighted by Gasteiger charge is 2.06. The maximum Gasteiger partial charge on any atom is 0.129 e. The van der Waals surface area contributed by atoms with Gasteiger partial charge in [0.1, 0.15) is 6.23 Å². The number of rotatable bonds is 7. The van der Waals surface area contributed by atoms with Crippen molar-refractivity contribution >= 4 is 12.3 Å². The molecule has 6 heteroatoms. The summed E-state index contributed by atoms with van der Waals surface area (Å²) in [6.45, 7) is 21.6. The van der Waals surface area contributed by atoms with Crippen LogP contribution >= 0.6 is 0 Å². The Hall–Kier alpha value is -3.45. The summed E-state index contributed by atoms with van der Waals surface area (Å²) in [7, 11) is 1.85. The number of aliphatic hydroxyl groups excluding tert-OH is 1. The Labute approximate surface area is 264 Å². The van der Waals surface area contributed by atoms with Crippen LogP contribution < -0.4 is 16.8 Å². The maximum atomic E-state index is 8.86. The number of nitrogens with one attached hydrogen (secondary N) is 1. The van der Waals surface area contributed by atoms with Gasteiger partial charge in [-0.3, -0.25) is 5.01 Å². The van der Waals surface area contributed by atoms with Crippen LogP contribution in [0.3, 0.4) is 0 Å². The molecule has 0 aliphatic carbocycles. The Kier molecular flexibility index (Phi) is 27.8. The Bertz CT molecular complexity index is 1040. The van der Waals surface area contributed by atoms with Crippen LogP contribution in [-0.2, 0) is 0 Å². The van der Waals surface area contributed by atoms with E-state index in [0.29, 0.717) is 12.1 Å². The summed E-state index contributed by atoms with van der Waals surface area (Å²) in [6, 6.07) is 6.57. The van der Waals surface area contributed by atoms with Crippen molar-refractivity contribution in [2.75, 3.05) is 26.7 Å². The zero-order valence-corrected chi connectivity index (χ0v) is 28.3. The Morgan fingerprint density at radius 3 is 2.30 bits per heavy atom. The summed E-state index contributed by atoms with van der Waals surface area (Å²) in [5.41, 5.74) is 16.2. The van der Waals surface area contributed by atoms with Crippen molar-refractivity contribution in [1.82, 2.24) is 10.3 Å². The number of hydrogen-bond acceptors (Lipinski definition) is 6. The molecule has 0 radical (unpaired) electrons. The molecule has 1 unspecified atom stereocenters. The fourth-order valence-corrected chi connectivity index (χ4v) is 3.56. The highest BCUT2D eigenvalue weighted by atomic mass is 16.3. The van der Waals surface area contributed by atoms with E-state index in [2.05, 4.69) is 75.0 Å². The summed E-state index contributed by atoms with van der Waals surface area (Å²) in [5.74, 6) is 0.925. The molecule has 2 atom stereocenters. The first-order valence-electron chi connectivity index (χ1n) is 15.5. The predicted octanol–water partition coefficient (Wildman–Crippen LogP) is 7.58. The molecule has 1 saturated heterocycles. The van der Waals surface area contributed by atoms with Gasteiger partial charge in [0.25, 0.3) is 0 Å². The SMILES string of the molecule is C=C/C=C\C(=C\c1ccc(C)c(C)c1)CC.CC.CN1CC=C(C(N)O)C=N1.C[C@@H]1CCCNC1.C\C=C/C=C\C=C\N. The number of likely N-dealkylation sites (N-methyl/N-ethyl adjacent to an activating group) is 1. The van der Waals surface area contributed by atoms with Crippen molar-refractivity contribution in [1.29, 1.82) is 0 Å². The molecule has 0 amide bonds. The summed E-state index contributed by atoms with van der Waals surface area (Å²) < 4.78 is 0. The molecule has 2 aliphatic heterocycles. The first-order chi connectivity index (χ1) is 20.7. The van der Waals surface area contributed by atoms with Crippen LogP contribution in [-0.4, -0.2) is 49.2 Å². The minimum absolute atomic E-state index is 0.679. The zero-order valence-electron chi connectivity index (χ0n) is 28.3. The molecule has 240 valence electrons. The quantitative estimate of drug-likeness (QED) is 0.193. The number of nitrogens with zero attached hydrogens (tertiary/aromatic N) is 2. The molecular weight excluding hydrogens is 530 g/mol. The van der Waals surface area contributed by atoms with Gasteiger partial charge in [-0.05, 0) is 93.6 Å². The van der Waals surface area contributed by atoms with Crippen molar-refractivity contribution < 1.29 is 5.11 Å². The molecule has 43 heavy (non-hydrogen) atoms. The summed E-state index contributed by atoms with van der Waals surface area (Å²) in [4.78, 5) is 0. The van der Waals surface area contributed by atoms with E-state index in [0.717, 1.165) is 12.3 Å². The van der Waals surface area contributed by atoms with E-state index < -0.39 is 6.23 Å².